The summed E-state index contributed by atoms with van der Waals surface area (Å²) in [5.41, 5.74) is 4.07. The third-order valence-corrected chi connectivity index (χ3v) is 5.34. The summed E-state index contributed by atoms with van der Waals surface area (Å²) in [6, 6.07) is 10.5. The largest absolute Gasteiger partial charge is 0.494 e. The number of hydrogen-bond acceptors (Lipinski definition) is 6. The van der Waals surface area contributed by atoms with Crippen LogP contribution in [-0.4, -0.2) is 29.3 Å². The highest BCUT2D eigenvalue weighted by atomic mass is 35.5. The summed E-state index contributed by atoms with van der Waals surface area (Å²) >= 11 is 11.8. The number of benzene rings is 3. The van der Waals surface area contributed by atoms with Gasteiger partial charge in [0, 0.05) is 22.7 Å². The molecule has 12 heteroatoms. The molecule has 0 spiro atoms. The zero-order chi connectivity index (χ0) is 24.9. The van der Waals surface area contributed by atoms with E-state index in [0.29, 0.717) is 39.4 Å². The van der Waals surface area contributed by atoms with Crippen molar-refractivity contribution < 1.29 is 18.3 Å². The monoisotopic (exact) mass is 516 g/mol. The van der Waals surface area contributed by atoms with Crippen molar-refractivity contribution in [3.8, 4) is 5.75 Å². The molecule has 0 unspecified atom stereocenters. The maximum absolute atomic E-state index is 13.5. The number of methoxy groups -OCH3 is 1. The minimum atomic E-state index is -0.672. The lowest BCUT2D eigenvalue weighted by molar-refractivity contribution is 0.252. The van der Waals surface area contributed by atoms with Gasteiger partial charge in [-0.1, -0.05) is 23.2 Å². The fraction of sp³-hybridized carbons (Fsp3) is 0.0435. The van der Waals surface area contributed by atoms with Crippen LogP contribution in [0.5, 0.6) is 5.75 Å². The van der Waals surface area contributed by atoms with Crippen LogP contribution in [0.2, 0.25) is 10.0 Å². The van der Waals surface area contributed by atoms with Crippen LogP contribution < -0.4 is 20.8 Å². The third kappa shape index (κ3) is 5.73. The molecule has 3 N–H and O–H groups in total. The van der Waals surface area contributed by atoms with Gasteiger partial charge in [-0.05, 0) is 42.5 Å². The van der Waals surface area contributed by atoms with Gasteiger partial charge in [0.25, 0.3) is 0 Å². The Morgan fingerprint density at radius 1 is 1.06 bits per heavy atom. The molecule has 8 nitrogen and oxygen atoms in total. The topological polar surface area (TPSA) is 101 Å². The standard InChI is InChI=1S/C23H16Cl2F2N6O2/c1-35-21-9-19-15(22(29-11-28-19)31-14-4-5-18(27)17(25)7-14)8-20(21)32-23(34)33-30-10-12-2-3-13(26)6-16(12)24/h2-11H,1H3,(H,28,29,31)(H2,32,33,34)/b30-10+. The lowest BCUT2D eigenvalue weighted by Crippen LogP contribution is -2.24. The normalized spacial score (nSPS) is 11.0. The number of hydrazone groups is 1. The molecule has 1 heterocycles. The molecule has 0 fully saturated rings. The summed E-state index contributed by atoms with van der Waals surface area (Å²) in [5, 5.41) is 10.2. The minimum Gasteiger partial charge on any atom is -0.494 e. The third-order valence-electron chi connectivity index (χ3n) is 4.72. The molecule has 4 aromatic rings. The SMILES string of the molecule is COc1cc2ncnc(Nc3ccc(F)c(Cl)c3)c2cc1NC(=O)N/N=C/c1ccc(F)cc1Cl. The number of carbonyl (C=O) groups excluding carboxylic acids is 1. The molecule has 0 aliphatic heterocycles. The Morgan fingerprint density at radius 2 is 1.89 bits per heavy atom. The van der Waals surface area contributed by atoms with Crippen LogP contribution in [0, 0.1) is 11.6 Å². The highest BCUT2D eigenvalue weighted by Crippen LogP contribution is 2.33. The average molecular weight is 517 g/mol. The van der Waals surface area contributed by atoms with Crippen LogP contribution in [0.25, 0.3) is 10.9 Å². The van der Waals surface area contributed by atoms with Gasteiger partial charge in [0.05, 0.1) is 34.6 Å². The molecule has 0 bridgehead atoms. The summed E-state index contributed by atoms with van der Waals surface area (Å²) in [6.07, 6.45) is 2.63. The maximum atomic E-state index is 13.5. The van der Waals surface area contributed by atoms with E-state index in [1.807, 2.05) is 0 Å². The zero-order valence-electron chi connectivity index (χ0n) is 17.9. The molecular weight excluding hydrogens is 501 g/mol. The van der Waals surface area contributed by atoms with E-state index >= 15 is 0 Å². The smallest absolute Gasteiger partial charge is 0.339 e. The molecule has 4 rings (SSSR count). The van der Waals surface area contributed by atoms with Crippen molar-refractivity contribution in [3.05, 3.63) is 82.1 Å². The molecule has 2 amide bonds. The van der Waals surface area contributed by atoms with E-state index in [-0.39, 0.29) is 10.0 Å². The number of ether oxygens (including phenoxy) is 1. The fourth-order valence-corrected chi connectivity index (χ4v) is 3.47. The Balaban J connectivity index is 1.56. The molecule has 0 radical (unpaired) electrons. The van der Waals surface area contributed by atoms with Crippen molar-refractivity contribution in [1.82, 2.24) is 15.4 Å². The van der Waals surface area contributed by atoms with E-state index < -0.39 is 17.7 Å². The van der Waals surface area contributed by atoms with Crippen molar-refractivity contribution in [1.29, 1.82) is 0 Å². The Labute approximate surface area is 207 Å². The van der Waals surface area contributed by atoms with Crippen LogP contribution in [-0.2, 0) is 0 Å². The number of rotatable bonds is 6. The van der Waals surface area contributed by atoms with Gasteiger partial charge in [0.2, 0.25) is 0 Å². The number of nitrogens with zero attached hydrogens (tertiary/aromatic N) is 3. The van der Waals surface area contributed by atoms with Crippen LogP contribution >= 0.6 is 23.2 Å². The van der Waals surface area contributed by atoms with Gasteiger partial charge in [0.1, 0.15) is 29.5 Å². The molecule has 1 aromatic heterocycles. The Hall–Kier alpha value is -4.02. The number of nitrogens with one attached hydrogen (secondary N) is 3. The lowest BCUT2D eigenvalue weighted by atomic mass is 10.2. The Kier molecular flexibility index (Phi) is 7.23. The van der Waals surface area contributed by atoms with E-state index in [2.05, 4.69) is 31.1 Å². The van der Waals surface area contributed by atoms with Crippen molar-refractivity contribution >= 4 is 63.5 Å². The molecule has 3 aromatic carbocycles. The molecule has 0 saturated heterocycles. The second kappa shape index (κ2) is 10.5. The Bertz CT molecular complexity index is 1450. The molecular formula is C23H16Cl2F2N6O2. The molecule has 0 saturated carbocycles. The highest BCUT2D eigenvalue weighted by molar-refractivity contribution is 6.33. The van der Waals surface area contributed by atoms with Crippen LogP contribution in [0.1, 0.15) is 5.56 Å². The average Bonchev–Trinajstić information content (AvgIpc) is 2.83. The first-order valence-corrected chi connectivity index (χ1v) is 10.7. The number of aromatic nitrogens is 2. The summed E-state index contributed by atoms with van der Waals surface area (Å²) in [7, 11) is 1.44. The summed E-state index contributed by atoms with van der Waals surface area (Å²) < 4.78 is 32.0. The summed E-state index contributed by atoms with van der Waals surface area (Å²) in [4.78, 5) is 20.9. The number of anilines is 3. The van der Waals surface area contributed by atoms with Gasteiger partial charge in [-0.25, -0.2) is 29.0 Å². The van der Waals surface area contributed by atoms with E-state index in [9.17, 15) is 13.6 Å². The van der Waals surface area contributed by atoms with E-state index in [1.165, 1.54) is 50.0 Å². The van der Waals surface area contributed by atoms with E-state index in [1.54, 1.807) is 12.1 Å². The molecule has 0 aliphatic carbocycles. The first-order chi connectivity index (χ1) is 16.8. The fourth-order valence-electron chi connectivity index (χ4n) is 3.08. The lowest BCUT2D eigenvalue weighted by Gasteiger charge is -2.13. The number of hydrogen-bond donors (Lipinski definition) is 3. The number of carbonyl (C=O) groups is 1. The molecule has 35 heavy (non-hydrogen) atoms. The number of urea groups is 1. The van der Waals surface area contributed by atoms with Crippen molar-refractivity contribution in [3.63, 3.8) is 0 Å². The van der Waals surface area contributed by atoms with Gasteiger partial charge in [-0.2, -0.15) is 5.10 Å². The first-order valence-electron chi connectivity index (χ1n) is 9.94. The second-order valence-corrected chi connectivity index (χ2v) is 7.85. The quantitative estimate of drug-likeness (QED) is 0.211. The van der Waals surface area contributed by atoms with Gasteiger partial charge >= 0.3 is 6.03 Å². The number of amides is 2. The minimum absolute atomic E-state index is 0.0449. The van der Waals surface area contributed by atoms with Crippen molar-refractivity contribution in [2.45, 2.75) is 0 Å². The zero-order valence-corrected chi connectivity index (χ0v) is 19.5. The number of halogens is 4. The first kappa shape index (κ1) is 24.1. The van der Waals surface area contributed by atoms with Crippen molar-refractivity contribution in [2.75, 3.05) is 17.7 Å². The maximum Gasteiger partial charge on any atom is 0.339 e. The van der Waals surface area contributed by atoms with Gasteiger partial charge in [-0.3, -0.25) is 0 Å². The van der Waals surface area contributed by atoms with Crippen LogP contribution in [0.4, 0.5) is 30.8 Å². The summed E-state index contributed by atoms with van der Waals surface area (Å²) in [6.45, 7) is 0. The molecule has 0 atom stereocenters. The Morgan fingerprint density at radius 3 is 2.63 bits per heavy atom. The van der Waals surface area contributed by atoms with Crippen LogP contribution in [0.15, 0.2) is 60.0 Å². The van der Waals surface area contributed by atoms with Crippen molar-refractivity contribution in [2.24, 2.45) is 5.10 Å². The second-order valence-electron chi connectivity index (χ2n) is 7.04. The number of fused-ring (bicyclic) bond motifs is 1. The van der Waals surface area contributed by atoms with E-state index in [0.717, 1.165) is 6.07 Å². The highest BCUT2D eigenvalue weighted by Gasteiger charge is 2.13. The van der Waals surface area contributed by atoms with Gasteiger partial charge < -0.3 is 15.4 Å². The van der Waals surface area contributed by atoms with E-state index in [4.69, 9.17) is 27.9 Å². The van der Waals surface area contributed by atoms with Gasteiger partial charge in [0.15, 0.2) is 0 Å². The van der Waals surface area contributed by atoms with Crippen LogP contribution in [0.3, 0.4) is 0 Å². The molecule has 178 valence electrons. The molecule has 0 aliphatic rings. The van der Waals surface area contributed by atoms with Gasteiger partial charge in [-0.15, -0.1) is 0 Å². The predicted octanol–water partition coefficient (Wildman–Crippen LogP) is 6.12. The summed E-state index contributed by atoms with van der Waals surface area (Å²) in [5.74, 6) is -0.293. The predicted molar refractivity (Wildman–Crippen MR) is 132 cm³/mol.